The minimum atomic E-state index is -0.482. The van der Waals surface area contributed by atoms with Crippen molar-refractivity contribution in [2.75, 3.05) is 18.0 Å². The first kappa shape index (κ1) is 22.6. The summed E-state index contributed by atoms with van der Waals surface area (Å²) in [4.78, 5) is 18.5. The fourth-order valence-electron chi connectivity index (χ4n) is 6.37. The van der Waals surface area contributed by atoms with Crippen molar-refractivity contribution in [2.45, 2.75) is 82.4 Å². The molecule has 5 rings (SSSR count). The van der Waals surface area contributed by atoms with Crippen LogP contribution in [0.5, 0.6) is 0 Å². The van der Waals surface area contributed by atoms with E-state index < -0.39 is 6.10 Å². The Labute approximate surface area is 198 Å². The smallest absolute Gasteiger partial charge is 0.230 e. The van der Waals surface area contributed by atoms with Crippen molar-refractivity contribution in [1.29, 1.82) is 0 Å². The van der Waals surface area contributed by atoms with Gasteiger partial charge in [0.05, 0.1) is 6.10 Å². The SMILES string of the molecule is O=C(C1CCCCC1)N1c2ccccc2CCC1CN1CCCCC1C(O)c1ccccc1. The first-order valence-electron chi connectivity index (χ1n) is 13.1. The molecule has 2 fully saturated rings. The number of benzene rings is 2. The number of aliphatic hydroxyl groups excluding tert-OH is 1. The molecule has 176 valence electrons. The number of carbonyl (C=O) groups is 1. The Balaban J connectivity index is 1.39. The minimum absolute atomic E-state index is 0.116. The average molecular weight is 447 g/mol. The number of rotatable bonds is 5. The topological polar surface area (TPSA) is 43.8 Å². The van der Waals surface area contributed by atoms with Gasteiger partial charge in [-0.15, -0.1) is 0 Å². The molecule has 33 heavy (non-hydrogen) atoms. The molecule has 1 amide bonds. The maximum atomic E-state index is 13.9. The van der Waals surface area contributed by atoms with Crippen LogP contribution in [-0.4, -0.2) is 41.1 Å². The molecule has 1 N–H and O–H groups in total. The number of aryl methyl sites for hydroxylation is 1. The van der Waals surface area contributed by atoms with Crippen LogP contribution < -0.4 is 4.90 Å². The molecule has 0 radical (unpaired) electrons. The van der Waals surface area contributed by atoms with Gasteiger partial charge in [0.15, 0.2) is 0 Å². The summed E-state index contributed by atoms with van der Waals surface area (Å²) in [5, 5.41) is 11.3. The van der Waals surface area contributed by atoms with E-state index in [1.807, 2.05) is 30.3 Å². The maximum Gasteiger partial charge on any atom is 0.230 e. The van der Waals surface area contributed by atoms with E-state index in [2.05, 4.69) is 34.1 Å². The third-order valence-corrected chi connectivity index (χ3v) is 8.17. The van der Waals surface area contributed by atoms with Gasteiger partial charge in [0.2, 0.25) is 5.91 Å². The molecule has 3 unspecified atom stereocenters. The normalized spacial score (nSPS) is 25.4. The van der Waals surface area contributed by atoms with E-state index in [0.29, 0.717) is 5.91 Å². The Kier molecular flexibility index (Phi) is 7.13. The Morgan fingerprint density at radius 1 is 0.879 bits per heavy atom. The van der Waals surface area contributed by atoms with Crippen molar-refractivity contribution < 1.29 is 9.90 Å². The third kappa shape index (κ3) is 4.88. The molecule has 2 aromatic rings. The van der Waals surface area contributed by atoms with Crippen LogP contribution in [0.3, 0.4) is 0 Å². The molecule has 1 saturated heterocycles. The summed E-state index contributed by atoms with van der Waals surface area (Å²) in [6, 6.07) is 18.9. The number of piperidine rings is 1. The van der Waals surface area contributed by atoms with E-state index in [1.165, 1.54) is 24.8 Å². The number of anilines is 1. The van der Waals surface area contributed by atoms with E-state index in [1.54, 1.807) is 0 Å². The number of likely N-dealkylation sites (tertiary alicyclic amines) is 1. The van der Waals surface area contributed by atoms with E-state index in [0.717, 1.165) is 69.3 Å². The summed E-state index contributed by atoms with van der Waals surface area (Å²) >= 11 is 0. The van der Waals surface area contributed by atoms with Crippen molar-refractivity contribution in [3.8, 4) is 0 Å². The second-order valence-corrected chi connectivity index (χ2v) is 10.3. The zero-order valence-corrected chi connectivity index (χ0v) is 19.7. The highest BCUT2D eigenvalue weighted by molar-refractivity contribution is 5.97. The summed E-state index contributed by atoms with van der Waals surface area (Å²) in [7, 11) is 0. The monoisotopic (exact) mass is 446 g/mol. The van der Waals surface area contributed by atoms with Crippen molar-refractivity contribution in [2.24, 2.45) is 5.92 Å². The maximum absolute atomic E-state index is 13.9. The van der Waals surface area contributed by atoms with Gasteiger partial charge in [-0.1, -0.05) is 74.2 Å². The number of carbonyl (C=O) groups excluding carboxylic acids is 1. The molecule has 4 nitrogen and oxygen atoms in total. The molecule has 2 aliphatic heterocycles. The third-order valence-electron chi connectivity index (χ3n) is 8.17. The Morgan fingerprint density at radius 3 is 2.42 bits per heavy atom. The first-order valence-corrected chi connectivity index (χ1v) is 13.1. The highest BCUT2D eigenvalue weighted by atomic mass is 16.3. The standard InChI is InChI=1S/C29H38N2O2/c32-28(23-12-3-1-4-13-23)27-17-9-10-20-30(27)21-25-19-18-22-11-7-8-16-26(22)31(25)29(33)24-14-5-2-6-15-24/h1,3-4,7-8,11-13,16,24-25,27-28,32H,2,5-6,9-10,14-15,17-21H2. The minimum Gasteiger partial charge on any atom is -0.387 e. The Hall–Kier alpha value is -2.17. The number of hydrogen-bond donors (Lipinski definition) is 1. The summed E-state index contributed by atoms with van der Waals surface area (Å²) in [5.41, 5.74) is 3.43. The molecule has 0 aromatic heterocycles. The van der Waals surface area contributed by atoms with Crippen molar-refractivity contribution >= 4 is 11.6 Å². The number of nitrogens with zero attached hydrogens (tertiary/aromatic N) is 2. The second-order valence-electron chi connectivity index (χ2n) is 10.3. The van der Waals surface area contributed by atoms with Crippen molar-refractivity contribution in [3.05, 3.63) is 65.7 Å². The zero-order valence-electron chi connectivity index (χ0n) is 19.7. The van der Waals surface area contributed by atoms with Crippen LogP contribution in [-0.2, 0) is 11.2 Å². The summed E-state index contributed by atoms with van der Waals surface area (Å²) < 4.78 is 0. The van der Waals surface area contributed by atoms with E-state index in [-0.39, 0.29) is 18.0 Å². The molecule has 2 heterocycles. The fourth-order valence-corrected chi connectivity index (χ4v) is 6.37. The van der Waals surface area contributed by atoms with Gasteiger partial charge < -0.3 is 10.0 Å². The number of amides is 1. The molecule has 3 aliphatic rings. The zero-order chi connectivity index (χ0) is 22.6. The molecule has 2 aromatic carbocycles. The lowest BCUT2D eigenvalue weighted by molar-refractivity contribution is -0.124. The number of fused-ring (bicyclic) bond motifs is 1. The first-order chi connectivity index (χ1) is 16.2. The lowest BCUT2D eigenvalue weighted by atomic mass is 9.85. The second kappa shape index (κ2) is 10.4. The van der Waals surface area contributed by atoms with Gasteiger partial charge in [0, 0.05) is 30.2 Å². The van der Waals surface area contributed by atoms with Gasteiger partial charge >= 0.3 is 0 Å². The number of aliphatic hydroxyl groups is 1. The van der Waals surface area contributed by atoms with Crippen LogP contribution in [0.25, 0.3) is 0 Å². The summed E-state index contributed by atoms with van der Waals surface area (Å²) in [6.45, 7) is 1.85. The van der Waals surface area contributed by atoms with Gasteiger partial charge in [-0.25, -0.2) is 0 Å². The van der Waals surface area contributed by atoms with Crippen LogP contribution >= 0.6 is 0 Å². The van der Waals surface area contributed by atoms with Gasteiger partial charge in [0.1, 0.15) is 0 Å². The average Bonchev–Trinajstić information content (AvgIpc) is 2.89. The van der Waals surface area contributed by atoms with Crippen LogP contribution in [0.2, 0.25) is 0 Å². The predicted molar refractivity (Wildman–Crippen MR) is 133 cm³/mol. The molecule has 1 saturated carbocycles. The molecular weight excluding hydrogens is 408 g/mol. The van der Waals surface area contributed by atoms with Crippen LogP contribution in [0, 0.1) is 5.92 Å². The van der Waals surface area contributed by atoms with Crippen molar-refractivity contribution in [3.63, 3.8) is 0 Å². The quantitative estimate of drug-likeness (QED) is 0.659. The Morgan fingerprint density at radius 2 is 1.61 bits per heavy atom. The van der Waals surface area contributed by atoms with Crippen LogP contribution in [0.1, 0.15) is 75.0 Å². The van der Waals surface area contributed by atoms with Gasteiger partial charge in [0.25, 0.3) is 0 Å². The highest BCUT2D eigenvalue weighted by Crippen LogP contribution is 2.37. The molecule has 0 bridgehead atoms. The summed E-state index contributed by atoms with van der Waals surface area (Å²) in [6.07, 6.45) is 10.5. The van der Waals surface area contributed by atoms with Crippen LogP contribution in [0.15, 0.2) is 54.6 Å². The molecule has 3 atom stereocenters. The number of hydrogen-bond acceptors (Lipinski definition) is 3. The largest absolute Gasteiger partial charge is 0.387 e. The lowest BCUT2D eigenvalue weighted by Gasteiger charge is -2.45. The van der Waals surface area contributed by atoms with Gasteiger partial charge in [-0.2, -0.15) is 0 Å². The molecule has 4 heteroatoms. The van der Waals surface area contributed by atoms with Crippen LogP contribution in [0.4, 0.5) is 5.69 Å². The van der Waals surface area contributed by atoms with E-state index in [4.69, 9.17) is 0 Å². The van der Waals surface area contributed by atoms with Crippen molar-refractivity contribution in [1.82, 2.24) is 4.90 Å². The van der Waals surface area contributed by atoms with E-state index in [9.17, 15) is 9.90 Å². The molecular formula is C29H38N2O2. The molecule has 1 aliphatic carbocycles. The molecule has 0 spiro atoms. The van der Waals surface area contributed by atoms with Gasteiger partial charge in [-0.3, -0.25) is 9.69 Å². The highest BCUT2D eigenvalue weighted by Gasteiger charge is 2.38. The lowest BCUT2D eigenvalue weighted by Crippen LogP contribution is -2.55. The summed E-state index contributed by atoms with van der Waals surface area (Å²) in [5.74, 6) is 0.503. The van der Waals surface area contributed by atoms with Gasteiger partial charge in [-0.05, 0) is 62.3 Å². The fraction of sp³-hybridized carbons (Fsp3) is 0.552. The number of para-hydroxylation sites is 1. The predicted octanol–water partition coefficient (Wildman–Crippen LogP) is 5.50. The Bertz CT molecular complexity index is 924. The van der Waals surface area contributed by atoms with E-state index >= 15 is 0 Å².